The van der Waals surface area contributed by atoms with Gasteiger partial charge in [-0.15, -0.1) is 0 Å². The first-order valence-electron chi connectivity index (χ1n) is 5.87. The van der Waals surface area contributed by atoms with Gasteiger partial charge in [-0.05, 0) is 24.3 Å². The molecule has 2 aromatic carbocycles. The number of nitrogen functional groups attached to an aromatic ring is 1. The number of nitrogens with one attached hydrogen (secondary N) is 1. The van der Waals surface area contributed by atoms with E-state index < -0.39 is 11.6 Å². The molecule has 3 rings (SSSR count). The molecule has 1 aromatic heterocycles. The van der Waals surface area contributed by atoms with Crippen molar-refractivity contribution in [1.29, 1.82) is 0 Å². The van der Waals surface area contributed by atoms with E-state index >= 15 is 0 Å². The van der Waals surface area contributed by atoms with E-state index in [2.05, 4.69) is 15.2 Å². The fraction of sp³-hybridized carbons (Fsp3) is 0. The van der Waals surface area contributed by atoms with Gasteiger partial charge in [0.1, 0.15) is 11.6 Å². The molecule has 4 nitrogen and oxygen atoms in total. The molecule has 0 aliphatic rings. The van der Waals surface area contributed by atoms with Crippen LogP contribution in [0.1, 0.15) is 0 Å². The van der Waals surface area contributed by atoms with Gasteiger partial charge >= 0.3 is 0 Å². The summed E-state index contributed by atoms with van der Waals surface area (Å²) in [5.41, 5.74) is 7.15. The third kappa shape index (κ3) is 2.23. The number of nitrogens with two attached hydrogens (primary N) is 1. The van der Waals surface area contributed by atoms with Crippen LogP contribution in [0.3, 0.4) is 0 Å². The lowest BCUT2D eigenvalue weighted by Gasteiger charge is -1.98. The first-order valence-corrected chi connectivity index (χ1v) is 5.87. The van der Waals surface area contributed by atoms with Crippen LogP contribution in [0.4, 0.5) is 14.5 Å². The highest BCUT2D eigenvalue weighted by Gasteiger charge is 2.12. The summed E-state index contributed by atoms with van der Waals surface area (Å²) in [5, 5.41) is 6.65. The Labute approximate surface area is 113 Å². The van der Waals surface area contributed by atoms with Crippen molar-refractivity contribution < 1.29 is 8.78 Å². The Morgan fingerprint density at radius 1 is 1.05 bits per heavy atom. The van der Waals surface area contributed by atoms with Gasteiger partial charge in [0.25, 0.3) is 0 Å². The third-order valence-electron chi connectivity index (χ3n) is 2.82. The van der Waals surface area contributed by atoms with Crippen molar-refractivity contribution in [1.82, 2.24) is 15.2 Å². The van der Waals surface area contributed by atoms with Crippen LogP contribution in [0, 0.1) is 11.6 Å². The molecular formula is C14H10F2N4. The van der Waals surface area contributed by atoms with Crippen LogP contribution in [0.5, 0.6) is 0 Å². The van der Waals surface area contributed by atoms with Crippen molar-refractivity contribution in [3.8, 4) is 22.8 Å². The Kier molecular flexibility index (Phi) is 2.90. The van der Waals surface area contributed by atoms with E-state index in [0.29, 0.717) is 11.5 Å². The maximum Gasteiger partial charge on any atom is 0.181 e. The number of halogens is 2. The standard InChI is InChI=1S/C14H10F2N4/c15-9-4-5-11(12(16)7-9)14-18-13(19-20-14)8-2-1-3-10(17)6-8/h1-7H,17H2,(H,18,19,20). The summed E-state index contributed by atoms with van der Waals surface area (Å²) < 4.78 is 26.5. The van der Waals surface area contributed by atoms with Crippen LogP contribution >= 0.6 is 0 Å². The lowest BCUT2D eigenvalue weighted by molar-refractivity contribution is 0.585. The van der Waals surface area contributed by atoms with Gasteiger partial charge in [0.2, 0.25) is 0 Å². The van der Waals surface area contributed by atoms with Crippen LogP contribution in [0.2, 0.25) is 0 Å². The average Bonchev–Trinajstić information content (AvgIpc) is 2.88. The highest BCUT2D eigenvalue weighted by atomic mass is 19.1. The van der Waals surface area contributed by atoms with Crippen LogP contribution in [0.25, 0.3) is 22.8 Å². The Balaban J connectivity index is 2.02. The van der Waals surface area contributed by atoms with Crippen molar-refractivity contribution in [2.24, 2.45) is 0 Å². The Morgan fingerprint density at radius 2 is 1.90 bits per heavy atom. The molecule has 3 N–H and O–H groups in total. The molecule has 0 aliphatic heterocycles. The zero-order valence-electron chi connectivity index (χ0n) is 10.3. The molecule has 20 heavy (non-hydrogen) atoms. The molecule has 0 aliphatic carbocycles. The average molecular weight is 272 g/mol. The summed E-state index contributed by atoms with van der Waals surface area (Å²) in [6.07, 6.45) is 0. The fourth-order valence-electron chi connectivity index (χ4n) is 1.87. The maximum absolute atomic E-state index is 13.7. The van der Waals surface area contributed by atoms with E-state index in [1.54, 1.807) is 24.3 Å². The van der Waals surface area contributed by atoms with E-state index in [9.17, 15) is 8.78 Å². The van der Waals surface area contributed by atoms with Gasteiger partial charge in [0.15, 0.2) is 11.6 Å². The summed E-state index contributed by atoms with van der Waals surface area (Å²) in [7, 11) is 0. The summed E-state index contributed by atoms with van der Waals surface area (Å²) >= 11 is 0. The first kappa shape index (κ1) is 12.3. The largest absolute Gasteiger partial charge is 0.399 e. The number of anilines is 1. The van der Waals surface area contributed by atoms with Gasteiger partial charge in [-0.1, -0.05) is 12.1 Å². The molecule has 0 atom stereocenters. The number of H-pyrrole nitrogens is 1. The minimum absolute atomic E-state index is 0.161. The molecule has 0 radical (unpaired) electrons. The SMILES string of the molecule is Nc1cccc(-c2n[nH]c(-c3ccc(F)cc3F)n2)c1. The zero-order chi connectivity index (χ0) is 14.1. The predicted octanol–water partition coefficient (Wildman–Crippen LogP) is 3.00. The van der Waals surface area contributed by atoms with Gasteiger partial charge in [-0.2, -0.15) is 5.10 Å². The van der Waals surface area contributed by atoms with E-state index in [4.69, 9.17) is 5.73 Å². The zero-order valence-corrected chi connectivity index (χ0v) is 10.3. The smallest absolute Gasteiger partial charge is 0.181 e. The molecule has 0 saturated carbocycles. The molecule has 0 amide bonds. The highest BCUT2D eigenvalue weighted by molar-refractivity contribution is 5.64. The van der Waals surface area contributed by atoms with Gasteiger partial charge in [-0.25, -0.2) is 13.8 Å². The molecular weight excluding hydrogens is 262 g/mol. The molecule has 0 unspecified atom stereocenters. The van der Waals surface area contributed by atoms with Crippen molar-refractivity contribution >= 4 is 5.69 Å². The second kappa shape index (κ2) is 4.73. The molecule has 0 fully saturated rings. The van der Waals surface area contributed by atoms with Gasteiger partial charge in [-0.3, -0.25) is 5.10 Å². The molecule has 1 heterocycles. The lowest BCUT2D eigenvalue weighted by Crippen LogP contribution is -1.88. The highest BCUT2D eigenvalue weighted by Crippen LogP contribution is 2.23. The van der Waals surface area contributed by atoms with Crippen LogP contribution in [-0.2, 0) is 0 Å². The summed E-state index contributed by atoms with van der Waals surface area (Å²) in [5.74, 6) is -0.696. The molecule has 6 heteroatoms. The number of benzene rings is 2. The van der Waals surface area contributed by atoms with Crippen molar-refractivity contribution in [3.05, 3.63) is 54.1 Å². The number of hydrogen-bond donors (Lipinski definition) is 2. The fourth-order valence-corrected chi connectivity index (χ4v) is 1.87. The van der Waals surface area contributed by atoms with E-state index in [1.807, 2.05) is 0 Å². The van der Waals surface area contributed by atoms with Gasteiger partial charge in [0.05, 0.1) is 5.56 Å². The number of hydrogen-bond acceptors (Lipinski definition) is 3. The molecule has 0 bridgehead atoms. The number of nitrogens with zero attached hydrogens (tertiary/aromatic N) is 2. The van der Waals surface area contributed by atoms with Gasteiger partial charge in [0, 0.05) is 17.3 Å². The molecule has 0 saturated heterocycles. The summed E-state index contributed by atoms with van der Waals surface area (Å²) in [6.45, 7) is 0. The Bertz CT molecular complexity index is 767. The van der Waals surface area contributed by atoms with Crippen molar-refractivity contribution in [2.75, 3.05) is 5.73 Å². The van der Waals surface area contributed by atoms with E-state index in [0.717, 1.165) is 11.6 Å². The Hall–Kier alpha value is -2.76. The minimum atomic E-state index is -0.694. The summed E-state index contributed by atoms with van der Waals surface area (Å²) in [4.78, 5) is 4.20. The third-order valence-corrected chi connectivity index (χ3v) is 2.82. The first-order chi connectivity index (χ1) is 9.63. The minimum Gasteiger partial charge on any atom is -0.399 e. The Morgan fingerprint density at radius 3 is 2.65 bits per heavy atom. The van der Waals surface area contributed by atoms with Gasteiger partial charge < -0.3 is 5.73 Å². The lowest BCUT2D eigenvalue weighted by atomic mass is 10.2. The van der Waals surface area contributed by atoms with Crippen molar-refractivity contribution in [2.45, 2.75) is 0 Å². The molecule has 0 spiro atoms. The number of aromatic amines is 1. The second-order valence-corrected chi connectivity index (χ2v) is 4.26. The van der Waals surface area contributed by atoms with Crippen LogP contribution in [0.15, 0.2) is 42.5 Å². The van der Waals surface area contributed by atoms with Crippen molar-refractivity contribution in [3.63, 3.8) is 0 Å². The van der Waals surface area contributed by atoms with E-state index in [1.165, 1.54) is 12.1 Å². The number of aromatic nitrogens is 3. The topological polar surface area (TPSA) is 67.6 Å². The maximum atomic E-state index is 13.7. The number of rotatable bonds is 2. The molecule has 100 valence electrons. The van der Waals surface area contributed by atoms with E-state index in [-0.39, 0.29) is 11.4 Å². The molecule has 3 aromatic rings. The predicted molar refractivity (Wildman–Crippen MR) is 71.6 cm³/mol. The van der Waals surface area contributed by atoms with Crippen LogP contribution < -0.4 is 5.73 Å². The monoisotopic (exact) mass is 272 g/mol. The quantitative estimate of drug-likeness (QED) is 0.705. The second-order valence-electron chi connectivity index (χ2n) is 4.26. The summed E-state index contributed by atoms with van der Waals surface area (Å²) in [6, 6.07) is 10.3. The van der Waals surface area contributed by atoms with Crippen LogP contribution in [-0.4, -0.2) is 15.2 Å². The normalized spacial score (nSPS) is 10.7.